The van der Waals surface area contributed by atoms with Gasteiger partial charge >= 0.3 is 6.03 Å². The number of urea groups is 1. The summed E-state index contributed by atoms with van der Waals surface area (Å²) in [6, 6.07) is 12.0. The van der Waals surface area contributed by atoms with E-state index in [-0.39, 0.29) is 12.5 Å². The number of imide groups is 1. The first kappa shape index (κ1) is 20.7. The molecular weight excluding hydrogens is 424 g/mol. The average Bonchev–Trinajstić information content (AvgIpc) is 3.41. The molecule has 2 aliphatic rings. The lowest BCUT2D eigenvalue weighted by Gasteiger charge is -2.31. The quantitative estimate of drug-likeness (QED) is 0.583. The van der Waals surface area contributed by atoms with Crippen molar-refractivity contribution >= 4 is 17.8 Å². The fourth-order valence-electron chi connectivity index (χ4n) is 4.60. The number of nitrogens with zero attached hydrogens (tertiary/aromatic N) is 2. The van der Waals surface area contributed by atoms with Gasteiger partial charge in [0.25, 0.3) is 11.8 Å². The molecule has 33 heavy (non-hydrogen) atoms. The van der Waals surface area contributed by atoms with Crippen LogP contribution in [0.4, 0.5) is 4.79 Å². The largest absolute Gasteiger partial charge is 0.497 e. The van der Waals surface area contributed by atoms with Crippen LogP contribution in [0.5, 0.6) is 5.75 Å². The second-order valence-corrected chi connectivity index (χ2v) is 8.27. The molecule has 1 atom stereocenters. The summed E-state index contributed by atoms with van der Waals surface area (Å²) in [4.78, 5) is 39.9. The summed E-state index contributed by atoms with van der Waals surface area (Å²) in [6.45, 7) is 4.02. The SMILES string of the molecule is COc1ccc2c(c1)C(=O)N(C[C@@]1(c3ccc(-c4c(C)noc4C)cc3)NC(=O)NC1=O)C2. The van der Waals surface area contributed by atoms with Crippen molar-refractivity contribution in [2.45, 2.75) is 25.9 Å². The van der Waals surface area contributed by atoms with Gasteiger partial charge in [-0.05, 0) is 42.7 Å². The third kappa shape index (κ3) is 3.24. The molecule has 0 aliphatic carbocycles. The van der Waals surface area contributed by atoms with E-state index in [4.69, 9.17) is 9.26 Å². The van der Waals surface area contributed by atoms with E-state index in [1.165, 1.54) is 0 Å². The fourth-order valence-corrected chi connectivity index (χ4v) is 4.60. The lowest BCUT2D eigenvalue weighted by Crippen LogP contribution is -2.52. The third-order valence-electron chi connectivity index (χ3n) is 6.27. The molecule has 4 amide bonds. The van der Waals surface area contributed by atoms with Crippen LogP contribution in [0, 0.1) is 13.8 Å². The number of carbonyl (C=O) groups is 3. The van der Waals surface area contributed by atoms with Crippen LogP contribution in [0.15, 0.2) is 47.0 Å². The Hall–Kier alpha value is -4.14. The van der Waals surface area contributed by atoms with Crippen molar-refractivity contribution in [1.29, 1.82) is 0 Å². The Morgan fingerprint density at radius 2 is 1.88 bits per heavy atom. The molecule has 9 nitrogen and oxygen atoms in total. The lowest BCUT2D eigenvalue weighted by molar-refractivity contribution is -0.124. The molecule has 168 valence electrons. The second kappa shape index (κ2) is 7.47. The van der Waals surface area contributed by atoms with Crippen molar-refractivity contribution in [3.63, 3.8) is 0 Å². The summed E-state index contributed by atoms with van der Waals surface area (Å²) in [5.74, 6) is 0.557. The van der Waals surface area contributed by atoms with E-state index in [0.29, 0.717) is 29.2 Å². The first-order valence-electron chi connectivity index (χ1n) is 10.5. The van der Waals surface area contributed by atoms with E-state index in [2.05, 4.69) is 15.8 Å². The van der Waals surface area contributed by atoms with Gasteiger partial charge in [-0.3, -0.25) is 14.9 Å². The first-order valence-corrected chi connectivity index (χ1v) is 10.5. The molecule has 2 N–H and O–H groups in total. The Balaban J connectivity index is 1.49. The van der Waals surface area contributed by atoms with Crippen LogP contribution in [0.25, 0.3) is 11.1 Å². The Kier molecular flexibility index (Phi) is 4.70. The summed E-state index contributed by atoms with van der Waals surface area (Å²) in [6.07, 6.45) is 0. The topological polar surface area (TPSA) is 114 Å². The minimum absolute atomic E-state index is 0.00886. The van der Waals surface area contributed by atoms with Crippen LogP contribution in [-0.2, 0) is 16.9 Å². The molecule has 0 saturated carbocycles. The van der Waals surface area contributed by atoms with Crippen LogP contribution < -0.4 is 15.4 Å². The van der Waals surface area contributed by atoms with Crippen molar-refractivity contribution in [3.05, 3.63) is 70.6 Å². The van der Waals surface area contributed by atoms with Gasteiger partial charge in [0.15, 0.2) is 5.54 Å². The number of fused-ring (bicyclic) bond motifs is 1. The molecule has 2 aromatic carbocycles. The van der Waals surface area contributed by atoms with E-state index in [9.17, 15) is 14.4 Å². The van der Waals surface area contributed by atoms with Gasteiger partial charge in [0.1, 0.15) is 11.5 Å². The molecule has 9 heteroatoms. The second-order valence-electron chi connectivity index (χ2n) is 8.27. The van der Waals surface area contributed by atoms with E-state index in [0.717, 1.165) is 22.4 Å². The lowest BCUT2D eigenvalue weighted by atomic mass is 9.88. The van der Waals surface area contributed by atoms with Gasteiger partial charge in [0.05, 0.1) is 19.3 Å². The van der Waals surface area contributed by atoms with E-state index in [1.807, 2.05) is 32.0 Å². The van der Waals surface area contributed by atoms with E-state index in [1.54, 1.807) is 36.3 Å². The zero-order chi connectivity index (χ0) is 23.3. The van der Waals surface area contributed by atoms with Gasteiger partial charge in [0.2, 0.25) is 0 Å². The van der Waals surface area contributed by atoms with E-state index < -0.39 is 17.5 Å². The van der Waals surface area contributed by atoms with Gasteiger partial charge in [0, 0.05) is 17.7 Å². The van der Waals surface area contributed by atoms with Crippen LogP contribution in [0.1, 0.15) is 32.9 Å². The summed E-state index contributed by atoms with van der Waals surface area (Å²) in [5, 5.41) is 9.07. The maximum Gasteiger partial charge on any atom is 0.322 e. The standard InChI is InChI=1S/C24H22N4O5/c1-13-20(14(2)33-27-13)15-4-7-17(8-5-15)24(22(30)25-23(31)26-24)12-28-11-16-6-9-18(32-3)10-19(16)21(28)29/h4-10H,11-12H2,1-3H3,(H2,25,26,30,31)/t24-/m0/s1. The van der Waals surface area contributed by atoms with Crippen LogP contribution in [0.3, 0.4) is 0 Å². The Bertz CT molecular complexity index is 1280. The van der Waals surface area contributed by atoms with E-state index >= 15 is 0 Å². The molecule has 0 unspecified atom stereocenters. The highest BCUT2D eigenvalue weighted by Crippen LogP contribution is 2.34. The molecular formula is C24H22N4O5. The minimum Gasteiger partial charge on any atom is -0.497 e. The first-order chi connectivity index (χ1) is 15.8. The molecule has 5 rings (SSSR count). The number of amides is 4. The molecule has 3 aromatic rings. The van der Waals surface area contributed by atoms with Gasteiger partial charge in [-0.1, -0.05) is 35.5 Å². The number of rotatable bonds is 5. The van der Waals surface area contributed by atoms with Crippen molar-refractivity contribution < 1.29 is 23.6 Å². The summed E-state index contributed by atoms with van der Waals surface area (Å²) < 4.78 is 10.5. The molecule has 1 aromatic heterocycles. The number of hydrogen-bond acceptors (Lipinski definition) is 6. The molecule has 0 bridgehead atoms. The predicted octanol–water partition coefficient (Wildman–Crippen LogP) is 2.66. The number of carbonyl (C=O) groups excluding carboxylic acids is 3. The number of aryl methyl sites for hydroxylation is 2. The maximum atomic E-state index is 13.1. The molecule has 2 aliphatic heterocycles. The normalized spacial score (nSPS) is 19.5. The predicted molar refractivity (Wildman–Crippen MR) is 117 cm³/mol. The zero-order valence-electron chi connectivity index (χ0n) is 18.4. The molecule has 1 saturated heterocycles. The van der Waals surface area contributed by atoms with Gasteiger partial charge in [-0.2, -0.15) is 0 Å². The van der Waals surface area contributed by atoms with Crippen molar-refractivity contribution in [1.82, 2.24) is 20.7 Å². The summed E-state index contributed by atoms with van der Waals surface area (Å²) in [5.41, 5.74) is 3.06. The highest BCUT2D eigenvalue weighted by atomic mass is 16.5. The highest BCUT2D eigenvalue weighted by Gasteiger charge is 2.50. The Morgan fingerprint density at radius 3 is 2.48 bits per heavy atom. The summed E-state index contributed by atoms with van der Waals surface area (Å²) in [7, 11) is 1.54. The van der Waals surface area contributed by atoms with Gasteiger partial charge < -0.3 is 19.5 Å². The van der Waals surface area contributed by atoms with Gasteiger partial charge in [-0.25, -0.2) is 4.79 Å². The molecule has 0 spiro atoms. The number of nitrogens with one attached hydrogen (secondary N) is 2. The highest BCUT2D eigenvalue weighted by molar-refractivity contribution is 6.08. The number of methoxy groups -OCH3 is 1. The van der Waals surface area contributed by atoms with Crippen molar-refractivity contribution in [2.75, 3.05) is 13.7 Å². The van der Waals surface area contributed by atoms with Crippen molar-refractivity contribution in [2.24, 2.45) is 0 Å². The zero-order valence-corrected chi connectivity index (χ0v) is 18.4. The van der Waals surface area contributed by atoms with Crippen LogP contribution >= 0.6 is 0 Å². The van der Waals surface area contributed by atoms with Crippen LogP contribution in [-0.4, -0.2) is 41.6 Å². The average molecular weight is 446 g/mol. The minimum atomic E-state index is -1.41. The molecule has 0 radical (unpaired) electrons. The number of aromatic nitrogens is 1. The maximum absolute atomic E-state index is 13.1. The molecule has 3 heterocycles. The smallest absolute Gasteiger partial charge is 0.322 e. The number of hydrogen-bond donors (Lipinski definition) is 2. The van der Waals surface area contributed by atoms with Crippen LogP contribution in [0.2, 0.25) is 0 Å². The fraction of sp³-hybridized carbons (Fsp3) is 0.250. The summed E-state index contributed by atoms with van der Waals surface area (Å²) >= 11 is 0. The molecule has 1 fully saturated rings. The number of ether oxygens (including phenoxy) is 1. The Morgan fingerprint density at radius 1 is 1.12 bits per heavy atom. The Labute approximate surface area is 189 Å². The number of benzene rings is 2. The monoisotopic (exact) mass is 446 g/mol. The van der Waals surface area contributed by atoms with Crippen molar-refractivity contribution in [3.8, 4) is 16.9 Å². The third-order valence-corrected chi connectivity index (χ3v) is 6.27. The van der Waals surface area contributed by atoms with Gasteiger partial charge in [-0.15, -0.1) is 0 Å².